The Morgan fingerprint density at radius 3 is 2.67 bits per heavy atom. The van der Waals surface area contributed by atoms with Crippen LogP contribution in [0.25, 0.3) is 0 Å². The van der Waals surface area contributed by atoms with E-state index < -0.39 is 5.97 Å². The number of anilines is 1. The third-order valence-corrected chi connectivity index (χ3v) is 4.65. The number of likely N-dealkylation sites (tertiary alicyclic amines) is 1. The molecule has 0 saturated carbocycles. The van der Waals surface area contributed by atoms with Gasteiger partial charge < -0.3 is 19.9 Å². The van der Waals surface area contributed by atoms with Crippen molar-refractivity contribution in [1.82, 2.24) is 9.80 Å². The van der Waals surface area contributed by atoms with Crippen LogP contribution in [0.3, 0.4) is 0 Å². The lowest BCUT2D eigenvalue weighted by Gasteiger charge is -2.23. The first-order valence-corrected chi connectivity index (χ1v) is 8.40. The molecular weight excluding hydrogens is 330 g/mol. The highest BCUT2D eigenvalue weighted by Gasteiger charge is 2.22. The molecule has 1 saturated heterocycles. The van der Waals surface area contributed by atoms with E-state index in [4.69, 9.17) is 11.6 Å². The second-order valence-corrected chi connectivity index (χ2v) is 6.56. The summed E-state index contributed by atoms with van der Waals surface area (Å²) < 4.78 is 4.65. The van der Waals surface area contributed by atoms with Crippen molar-refractivity contribution in [2.24, 2.45) is 0 Å². The largest absolute Gasteiger partial charge is 0.465 e. The van der Waals surface area contributed by atoms with E-state index in [9.17, 15) is 9.59 Å². The Labute approximate surface area is 147 Å². The number of nitrogens with one attached hydrogen (secondary N) is 1. The average molecular weight is 354 g/mol. The van der Waals surface area contributed by atoms with Crippen molar-refractivity contribution in [3.8, 4) is 0 Å². The van der Waals surface area contributed by atoms with Crippen molar-refractivity contribution in [2.45, 2.75) is 25.3 Å². The zero-order valence-corrected chi connectivity index (χ0v) is 15.1. The van der Waals surface area contributed by atoms with Crippen molar-refractivity contribution in [1.29, 1.82) is 0 Å². The van der Waals surface area contributed by atoms with Crippen molar-refractivity contribution in [2.75, 3.05) is 39.6 Å². The number of halogens is 1. The summed E-state index contributed by atoms with van der Waals surface area (Å²) in [5, 5.41) is 3.10. The van der Waals surface area contributed by atoms with Crippen molar-refractivity contribution in [3.63, 3.8) is 0 Å². The third kappa shape index (κ3) is 4.61. The molecule has 0 spiro atoms. The molecule has 1 unspecified atom stereocenters. The maximum Gasteiger partial charge on any atom is 0.339 e. The van der Waals surface area contributed by atoms with E-state index in [0.717, 1.165) is 32.4 Å². The van der Waals surface area contributed by atoms with Gasteiger partial charge in [-0.3, -0.25) is 0 Å². The van der Waals surface area contributed by atoms with Crippen LogP contribution in [0.4, 0.5) is 10.5 Å². The third-order valence-electron chi connectivity index (χ3n) is 4.34. The van der Waals surface area contributed by atoms with Gasteiger partial charge in [-0.2, -0.15) is 0 Å². The quantitative estimate of drug-likeness (QED) is 0.848. The number of ether oxygens (including phenoxy) is 1. The molecule has 1 aliphatic heterocycles. The highest BCUT2D eigenvalue weighted by molar-refractivity contribution is 6.33. The molecule has 1 heterocycles. The molecule has 1 fully saturated rings. The van der Waals surface area contributed by atoms with Crippen LogP contribution < -0.4 is 5.32 Å². The Morgan fingerprint density at radius 1 is 1.29 bits per heavy atom. The van der Waals surface area contributed by atoms with Gasteiger partial charge in [-0.25, -0.2) is 9.59 Å². The molecular formula is C17H24ClN3O3. The second kappa shape index (κ2) is 8.35. The first kappa shape index (κ1) is 18.5. The summed E-state index contributed by atoms with van der Waals surface area (Å²) >= 11 is 6.08. The molecule has 0 aromatic heterocycles. The minimum atomic E-state index is -0.500. The van der Waals surface area contributed by atoms with Gasteiger partial charge in [0.1, 0.15) is 0 Å². The van der Waals surface area contributed by atoms with Crippen molar-refractivity contribution in [3.05, 3.63) is 28.8 Å². The fourth-order valence-electron chi connectivity index (χ4n) is 2.87. The molecule has 0 radical (unpaired) electrons. The van der Waals surface area contributed by atoms with Crippen LogP contribution in [0.2, 0.25) is 5.02 Å². The predicted octanol–water partition coefficient (Wildman–Crippen LogP) is 3.07. The average Bonchev–Trinajstić information content (AvgIpc) is 2.80. The molecule has 1 aromatic rings. The highest BCUT2D eigenvalue weighted by atomic mass is 35.5. The van der Waals surface area contributed by atoms with E-state index in [1.54, 1.807) is 18.2 Å². The molecule has 1 atom stereocenters. The molecule has 0 bridgehead atoms. The van der Waals surface area contributed by atoms with Crippen LogP contribution in [0.5, 0.6) is 0 Å². The van der Waals surface area contributed by atoms with Gasteiger partial charge in [0, 0.05) is 24.8 Å². The Kier molecular flexibility index (Phi) is 6.45. The Bertz CT molecular complexity index is 607. The van der Waals surface area contributed by atoms with Crippen LogP contribution in [0, 0.1) is 0 Å². The lowest BCUT2D eigenvalue weighted by Crippen LogP contribution is -2.36. The van der Waals surface area contributed by atoms with Gasteiger partial charge in [0.2, 0.25) is 0 Å². The summed E-state index contributed by atoms with van der Waals surface area (Å²) in [5.41, 5.74) is 0.840. The molecule has 1 N–H and O–H groups in total. The SMILES string of the molecule is COC(=O)c1ccc(NC(=O)N2CCCC(N(C)C)CC2)cc1Cl. The molecule has 6 nitrogen and oxygen atoms in total. The van der Waals surface area contributed by atoms with E-state index in [2.05, 4.69) is 29.0 Å². The van der Waals surface area contributed by atoms with E-state index >= 15 is 0 Å². The normalized spacial score (nSPS) is 18.2. The summed E-state index contributed by atoms with van der Waals surface area (Å²) in [6.45, 7) is 1.47. The molecule has 24 heavy (non-hydrogen) atoms. The monoisotopic (exact) mass is 353 g/mol. The molecule has 0 aliphatic carbocycles. The zero-order valence-electron chi connectivity index (χ0n) is 14.3. The van der Waals surface area contributed by atoms with Crippen LogP contribution in [0.1, 0.15) is 29.6 Å². The van der Waals surface area contributed by atoms with Crippen LogP contribution in [0.15, 0.2) is 18.2 Å². The number of amides is 2. The highest BCUT2D eigenvalue weighted by Crippen LogP contribution is 2.22. The van der Waals surface area contributed by atoms with Gasteiger partial charge in [0.15, 0.2) is 0 Å². The van der Waals surface area contributed by atoms with E-state index in [-0.39, 0.29) is 16.6 Å². The number of hydrogen-bond donors (Lipinski definition) is 1. The predicted molar refractivity (Wildman–Crippen MR) is 94.7 cm³/mol. The Balaban J connectivity index is 1.99. The number of benzene rings is 1. The van der Waals surface area contributed by atoms with Crippen LogP contribution >= 0.6 is 11.6 Å². The minimum Gasteiger partial charge on any atom is -0.465 e. The smallest absolute Gasteiger partial charge is 0.339 e. The van der Waals surface area contributed by atoms with Crippen molar-refractivity contribution >= 4 is 29.3 Å². The first-order valence-electron chi connectivity index (χ1n) is 8.02. The summed E-state index contributed by atoms with van der Waals surface area (Å²) in [4.78, 5) is 28.0. The van der Waals surface area contributed by atoms with E-state index in [1.165, 1.54) is 7.11 Å². The molecule has 1 aliphatic rings. The van der Waals surface area contributed by atoms with Gasteiger partial charge >= 0.3 is 12.0 Å². The van der Waals surface area contributed by atoms with Gasteiger partial charge in [-0.15, -0.1) is 0 Å². The number of rotatable bonds is 3. The number of methoxy groups -OCH3 is 1. The van der Waals surface area contributed by atoms with Gasteiger partial charge in [-0.05, 0) is 51.6 Å². The Hall–Kier alpha value is -1.79. The maximum absolute atomic E-state index is 12.4. The first-order chi connectivity index (χ1) is 11.4. The van der Waals surface area contributed by atoms with Crippen molar-refractivity contribution < 1.29 is 14.3 Å². The van der Waals surface area contributed by atoms with Gasteiger partial charge in [0.05, 0.1) is 17.7 Å². The standard InChI is InChI=1S/C17H24ClN3O3/c1-20(2)13-5-4-9-21(10-8-13)17(23)19-12-6-7-14(15(18)11-12)16(22)24-3/h6-7,11,13H,4-5,8-10H2,1-3H3,(H,19,23). The fraction of sp³-hybridized carbons (Fsp3) is 0.529. The molecule has 2 amide bonds. The summed E-state index contributed by atoms with van der Waals surface area (Å²) in [6.07, 6.45) is 3.04. The molecule has 1 aromatic carbocycles. The van der Waals surface area contributed by atoms with Crippen LogP contribution in [-0.2, 0) is 4.74 Å². The minimum absolute atomic E-state index is 0.142. The van der Waals surface area contributed by atoms with Gasteiger partial charge in [0.25, 0.3) is 0 Å². The lowest BCUT2D eigenvalue weighted by molar-refractivity contribution is 0.0601. The van der Waals surface area contributed by atoms with Gasteiger partial charge in [-0.1, -0.05) is 11.6 Å². The molecule has 2 rings (SSSR count). The number of carbonyl (C=O) groups is 2. The Morgan fingerprint density at radius 2 is 2.04 bits per heavy atom. The number of nitrogens with zero attached hydrogens (tertiary/aromatic N) is 2. The van der Waals surface area contributed by atoms with E-state index in [0.29, 0.717) is 11.7 Å². The fourth-order valence-corrected chi connectivity index (χ4v) is 3.13. The lowest BCUT2D eigenvalue weighted by atomic mass is 10.1. The maximum atomic E-state index is 12.4. The van der Waals surface area contributed by atoms with E-state index in [1.807, 2.05) is 4.90 Å². The molecule has 132 valence electrons. The molecule has 7 heteroatoms. The second-order valence-electron chi connectivity index (χ2n) is 6.15. The summed E-state index contributed by atoms with van der Waals surface area (Å²) in [6, 6.07) is 5.13. The summed E-state index contributed by atoms with van der Waals surface area (Å²) in [5.74, 6) is -0.500. The topological polar surface area (TPSA) is 61.9 Å². The number of hydrogen-bond acceptors (Lipinski definition) is 4. The zero-order chi connectivity index (χ0) is 17.7. The van der Waals surface area contributed by atoms with Crippen LogP contribution in [-0.4, -0.2) is 62.1 Å². The number of urea groups is 1. The summed E-state index contributed by atoms with van der Waals surface area (Å²) in [7, 11) is 5.45. The number of esters is 1. The number of carbonyl (C=O) groups excluding carboxylic acids is 2.